The average molecular weight is 422 g/mol. The van der Waals surface area contributed by atoms with Crippen LogP contribution in [0.2, 0.25) is 0 Å². The van der Waals surface area contributed by atoms with Crippen LogP contribution >= 0.6 is 11.3 Å². The minimum atomic E-state index is -1.14. The molecule has 0 saturated heterocycles. The van der Waals surface area contributed by atoms with Gasteiger partial charge in [0.15, 0.2) is 5.13 Å². The van der Waals surface area contributed by atoms with Crippen molar-refractivity contribution in [2.75, 3.05) is 18.4 Å². The molecule has 4 rings (SSSR count). The lowest BCUT2D eigenvalue weighted by Gasteiger charge is -2.13. The van der Waals surface area contributed by atoms with Crippen LogP contribution in [0.3, 0.4) is 0 Å². The van der Waals surface area contributed by atoms with Gasteiger partial charge in [-0.05, 0) is 30.5 Å². The lowest BCUT2D eigenvalue weighted by atomic mass is 10.0. The van der Waals surface area contributed by atoms with Crippen LogP contribution in [-0.4, -0.2) is 45.1 Å². The van der Waals surface area contributed by atoms with Gasteiger partial charge in [0.2, 0.25) is 0 Å². The number of benzene rings is 1. The summed E-state index contributed by atoms with van der Waals surface area (Å²) < 4.78 is 1.91. The van der Waals surface area contributed by atoms with E-state index >= 15 is 0 Å². The summed E-state index contributed by atoms with van der Waals surface area (Å²) in [5.41, 5.74) is 4.10. The van der Waals surface area contributed by atoms with Gasteiger partial charge < -0.3 is 15.7 Å². The largest absolute Gasteiger partial charge is 0.465 e. The molecule has 0 bridgehead atoms. The Labute approximate surface area is 176 Å². The number of anilines is 1. The van der Waals surface area contributed by atoms with Crippen LogP contribution in [0.15, 0.2) is 36.5 Å². The van der Waals surface area contributed by atoms with E-state index in [1.54, 1.807) is 0 Å². The second-order valence-corrected chi connectivity index (χ2v) is 7.38. The van der Waals surface area contributed by atoms with Gasteiger partial charge in [0.05, 0.1) is 41.2 Å². The average Bonchev–Trinajstić information content (AvgIpc) is 3.34. The van der Waals surface area contributed by atoms with Crippen LogP contribution in [0.4, 0.5) is 14.7 Å². The zero-order valence-electron chi connectivity index (χ0n) is 15.8. The van der Waals surface area contributed by atoms with Gasteiger partial charge in [-0.1, -0.05) is 41.4 Å². The first-order chi connectivity index (χ1) is 14.6. The number of aromatic nitrogens is 3. The van der Waals surface area contributed by atoms with Crippen molar-refractivity contribution in [3.05, 3.63) is 47.8 Å². The van der Waals surface area contributed by atoms with E-state index in [1.807, 2.05) is 41.2 Å². The fraction of sp³-hybridized carbons (Fsp3) is 0.200. The number of hydrogen-bond donors (Lipinski definition) is 4. The van der Waals surface area contributed by atoms with Gasteiger partial charge in [0.25, 0.3) is 0 Å². The highest BCUT2D eigenvalue weighted by molar-refractivity contribution is 7.19. The molecule has 9 nitrogen and oxygen atoms in total. The monoisotopic (exact) mass is 422 g/mol. The van der Waals surface area contributed by atoms with E-state index in [9.17, 15) is 9.59 Å². The summed E-state index contributed by atoms with van der Waals surface area (Å²) in [6.45, 7) is 0.110. The third-order valence-electron chi connectivity index (χ3n) is 4.40. The molecule has 1 aliphatic carbocycles. The van der Waals surface area contributed by atoms with Crippen molar-refractivity contribution in [1.82, 2.24) is 25.4 Å². The van der Waals surface area contributed by atoms with Crippen molar-refractivity contribution in [3.8, 4) is 28.1 Å². The number of aryl methyl sites for hydroxylation is 2. The topological polar surface area (TPSA) is 121 Å². The number of amides is 3. The van der Waals surface area contributed by atoms with E-state index < -0.39 is 12.1 Å². The number of carbonyl (C=O) groups is 2. The number of urea groups is 1. The summed E-state index contributed by atoms with van der Waals surface area (Å²) in [4.78, 5) is 28.0. The highest BCUT2D eigenvalue weighted by Gasteiger charge is 2.26. The molecule has 0 unspecified atom stereocenters. The van der Waals surface area contributed by atoms with E-state index in [1.165, 1.54) is 11.3 Å². The van der Waals surface area contributed by atoms with Gasteiger partial charge in [0.1, 0.15) is 0 Å². The van der Waals surface area contributed by atoms with Crippen LogP contribution in [-0.2, 0) is 12.8 Å². The van der Waals surface area contributed by atoms with E-state index in [2.05, 4.69) is 37.9 Å². The Hall–Kier alpha value is -3.84. The molecule has 0 aliphatic heterocycles. The molecule has 1 aliphatic rings. The van der Waals surface area contributed by atoms with Gasteiger partial charge in [0, 0.05) is 0 Å². The fourth-order valence-electron chi connectivity index (χ4n) is 3.10. The minimum Gasteiger partial charge on any atom is -0.465 e. The SMILES string of the molecule is O=C(O)NCC#CCNC(=O)Nc1nc2c(s1)-c1c(cnn1-c1ccccc1)CC2. The lowest BCUT2D eigenvalue weighted by molar-refractivity contribution is 0.196. The number of thiazole rings is 1. The maximum atomic E-state index is 12.1. The van der Waals surface area contributed by atoms with Crippen molar-refractivity contribution in [1.29, 1.82) is 0 Å². The summed E-state index contributed by atoms with van der Waals surface area (Å²) in [7, 11) is 0. The van der Waals surface area contributed by atoms with Gasteiger partial charge >= 0.3 is 12.1 Å². The molecule has 0 fully saturated rings. The van der Waals surface area contributed by atoms with E-state index in [4.69, 9.17) is 5.11 Å². The third-order valence-corrected chi connectivity index (χ3v) is 5.42. The molecule has 0 saturated carbocycles. The zero-order valence-corrected chi connectivity index (χ0v) is 16.6. The van der Waals surface area contributed by atoms with Crippen molar-refractivity contribution in [2.45, 2.75) is 12.8 Å². The van der Waals surface area contributed by atoms with Crippen LogP contribution in [0.5, 0.6) is 0 Å². The molecule has 1 aromatic carbocycles. The highest BCUT2D eigenvalue weighted by Crippen LogP contribution is 2.40. The predicted molar refractivity (Wildman–Crippen MR) is 113 cm³/mol. The van der Waals surface area contributed by atoms with Crippen molar-refractivity contribution < 1.29 is 14.7 Å². The first-order valence-electron chi connectivity index (χ1n) is 9.21. The molecule has 152 valence electrons. The molecule has 0 atom stereocenters. The molecule has 0 spiro atoms. The number of carboxylic acid groups (broad SMARTS) is 1. The fourth-order valence-corrected chi connectivity index (χ4v) is 4.17. The number of carbonyl (C=O) groups excluding carboxylic acids is 1. The summed E-state index contributed by atoms with van der Waals surface area (Å²) in [5, 5.41) is 21.0. The third kappa shape index (κ3) is 4.26. The number of fused-ring (bicyclic) bond motifs is 3. The normalized spacial score (nSPS) is 11.5. The number of nitrogens with one attached hydrogen (secondary N) is 3. The predicted octanol–water partition coefficient (Wildman–Crippen LogP) is 2.49. The van der Waals surface area contributed by atoms with Gasteiger partial charge in [-0.3, -0.25) is 5.32 Å². The molecule has 30 heavy (non-hydrogen) atoms. The molecule has 3 aromatic rings. The van der Waals surface area contributed by atoms with Crippen LogP contribution in [0.25, 0.3) is 16.3 Å². The van der Waals surface area contributed by atoms with Crippen molar-refractivity contribution >= 4 is 28.6 Å². The maximum absolute atomic E-state index is 12.1. The first kappa shape index (κ1) is 19.5. The standard InChI is InChI=1S/C20H18N6O3S/c27-18(21-10-4-5-11-22-20(28)29)25-19-24-15-9-8-13-12-23-26(16(13)17(15)30-19)14-6-2-1-3-7-14/h1-3,6-7,12,22H,8-11H2,(H,28,29)(H2,21,24,25,27). The Bertz CT molecular complexity index is 1140. The molecule has 10 heteroatoms. The van der Waals surface area contributed by atoms with Gasteiger partial charge in [-0.25, -0.2) is 19.3 Å². The van der Waals surface area contributed by atoms with E-state index in [0.717, 1.165) is 40.4 Å². The minimum absolute atomic E-state index is 0.00919. The van der Waals surface area contributed by atoms with Crippen LogP contribution < -0.4 is 16.0 Å². The second-order valence-electron chi connectivity index (χ2n) is 6.38. The van der Waals surface area contributed by atoms with E-state index in [-0.39, 0.29) is 13.1 Å². The molecular formula is C20H18N6O3S. The van der Waals surface area contributed by atoms with Gasteiger partial charge in [-0.15, -0.1) is 0 Å². The molecule has 2 heterocycles. The quantitative estimate of drug-likeness (QED) is 0.482. The number of hydrogen-bond acceptors (Lipinski definition) is 5. The van der Waals surface area contributed by atoms with Crippen molar-refractivity contribution in [3.63, 3.8) is 0 Å². The summed E-state index contributed by atoms with van der Waals surface area (Å²) in [5.74, 6) is 5.26. The highest BCUT2D eigenvalue weighted by atomic mass is 32.1. The summed E-state index contributed by atoms with van der Waals surface area (Å²) in [6, 6.07) is 9.49. The van der Waals surface area contributed by atoms with Gasteiger partial charge in [-0.2, -0.15) is 5.10 Å². The Morgan fingerprint density at radius 3 is 2.67 bits per heavy atom. The van der Waals surface area contributed by atoms with Crippen LogP contribution in [0.1, 0.15) is 11.3 Å². The Morgan fingerprint density at radius 1 is 1.13 bits per heavy atom. The molecule has 2 aromatic heterocycles. The summed E-state index contributed by atoms with van der Waals surface area (Å²) >= 11 is 1.42. The Kier molecular flexibility index (Phi) is 5.63. The number of para-hydroxylation sites is 1. The lowest BCUT2D eigenvalue weighted by Crippen LogP contribution is -2.29. The molecule has 0 radical (unpaired) electrons. The number of nitrogens with zero attached hydrogens (tertiary/aromatic N) is 3. The molecular weight excluding hydrogens is 404 g/mol. The second kappa shape index (κ2) is 8.67. The van der Waals surface area contributed by atoms with Crippen molar-refractivity contribution in [2.24, 2.45) is 0 Å². The smallest absolute Gasteiger partial charge is 0.405 e. The summed E-state index contributed by atoms with van der Waals surface area (Å²) in [6.07, 6.45) is 2.40. The Morgan fingerprint density at radius 2 is 1.90 bits per heavy atom. The first-order valence-corrected chi connectivity index (χ1v) is 10.0. The van der Waals surface area contributed by atoms with E-state index in [0.29, 0.717) is 5.13 Å². The maximum Gasteiger partial charge on any atom is 0.405 e. The van der Waals surface area contributed by atoms with Crippen LogP contribution in [0, 0.1) is 11.8 Å². The molecule has 3 amide bonds. The molecule has 4 N–H and O–H groups in total. The Balaban J connectivity index is 1.45. The number of rotatable bonds is 4. The zero-order chi connectivity index (χ0) is 20.9.